The van der Waals surface area contributed by atoms with Gasteiger partial charge in [0.15, 0.2) is 5.54 Å². The van der Waals surface area contributed by atoms with E-state index in [0.717, 1.165) is 16.0 Å². The number of hydrogen-bond acceptors (Lipinski definition) is 5. The third-order valence-corrected chi connectivity index (χ3v) is 6.22. The second kappa shape index (κ2) is 7.85. The van der Waals surface area contributed by atoms with Crippen molar-refractivity contribution in [1.29, 1.82) is 0 Å². The van der Waals surface area contributed by atoms with Gasteiger partial charge in [-0.05, 0) is 22.6 Å². The van der Waals surface area contributed by atoms with Crippen molar-refractivity contribution < 1.29 is 14.0 Å². The molecule has 2 aromatic carbocycles. The number of urea groups is 1. The van der Waals surface area contributed by atoms with Crippen LogP contribution in [0.15, 0.2) is 88.9 Å². The Morgan fingerprint density at radius 1 is 0.968 bits per heavy atom. The quantitative estimate of drug-likeness (QED) is 0.455. The maximum Gasteiger partial charge on any atom is 0.325 e. The molecular weight excluding hydrogens is 410 g/mol. The molecule has 1 N–H and O–H groups in total. The van der Waals surface area contributed by atoms with Gasteiger partial charge in [-0.3, -0.25) is 9.69 Å². The van der Waals surface area contributed by atoms with Crippen LogP contribution in [-0.4, -0.2) is 21.8 Å². The predicted molar refractivity (Wildman–Crippen MR) is 117 cm³/mol. The van der Waals surface area contributed by atoms with E-state index in [9.17, 15) is 9.59 Å². The lowest BCUT2D eigenvalue weighted by molar-refractivity contribution is -0.132. The highest BCUT2D eigenvalue weighted by Gasteiger charge is 2.52. The molecule has 2 aromatic heterocycles. The van der Waals surface area contributed by atoms with Crippen LogP contribution in [0.1, 0.15) is 16.8 Å². The molecule has 4 aromatic rings. The summed E-state index contributed by atoms with van der Waals surface area (Å²) in [6.07, 6.45) is 1.85. The summed E-state index contributed by atoms with van der Waals surface area (Å²) in [5.74, 6) is 0.184. The molecule has 0 unspecified atom stereocenters. The number of hydrogen-bond donors (Lipinski definition) is 1. The van der Waals surface area contributed by atoms with Crippen LogP contribution in [0.4, 0.5) is 4.79 Å². The largest absolute Gasteiger partial charge is 0.443 e. The Bertz CT molecular complexity index is 1210. The number of benzene rings is 2. The Balaban J connectivity index is 1.47. The van der Waals surface area contributed by atoms with Gasteiger partial charge in [0.2, 0.25) is 5.89 Å². The van der Waals surface area contributed by atoms with Crippen molar-refractivity contribution in [2.45, 2.75) is 18.5 Å². The van der Waals surface area contributed by atoms with Gasteiger partial charge in [-0.15, -0.1) is 11.3 Å². The van der Waals surface area contributed by atoms with Gasteiger partial charge >= 0.3 is 6.03 Å². The lowest BCUT2D eigenvalue weighted by Gasteiger charge is -2.27. The highest BCUT2D eigenvalue weighted by Crippen LogP contribution is 2.34. The van der Waals surface area contributed by atoms with Crippen molar-refractivity contribution in [3.8, 4) is 10.8 Å². The molecule has 0 spiro atoms. The van der Waals surface area contributed by atoms with Crippen LogP contribution in [0.5, 0.6) is 0 Å². The summed E-state index contributed by atoms with van der Waals surface area (Å²) in [6.45, 7) is 0.0446. The Morgan fingerprint density at radius 2 is 1.71 bits per heavy atom. The molecule has 3 amide bonds. The van der Waals surface area contributed by atoms with Crippen LogP contribution in [0.25, 0.3) is 10.8 Å². The number of rotatable bonds is 6. The molecule has 7 heteroatoms. The summed E-state index contributed by atoms with van der Waals surface area (Å²) in [4.78, 5) is 33.2. The molecule has 0 aliphatic carbocycles. The number of carbonyl (C=O) groups is 2. The first-order valence-electron chi connectivity index (χ1n) is 9.87. The molecule has 1 aliphatic rings. The smallest absolute Gasteiger partial charge is 0.325 e. The van der Waals surface area contributed by atoms with E-state index >= 15 is 0 Å². The molecule has 0 bridgehead atoms. The Kier molecular flexibility index (Phi) is 4.88. The van der Waals surface area contributed by atoms with E-state index in [-0.39, 0.29) is 12.5 Å². The highest BCUT2D eigenvalue weighted by atomic mass is 32.1. The average molecular weight is 430 g/mol. The van der Waals surface area contributed by atoms with E-state index in [0.29, 0.717) is 18.0 Å². The molecule has 0 saturated carbocycles. The van der Waals surface area contributed by atoms with E-state index in [2.05, 4.69) is 10.3 Å². The van der Waals surface area contributed by atoms with Crippen molar-refractivity contribution in [1.82, 2.24) is 15.2 Å². The Morgan fingerprint density at radius 3 is 2.42 bits per heavy atom. The SMILES string of the molecule is O=C1N[C@](Cc2ccccc2)(c2ccccc2)C(=O)N1Cc1coc(-c2cccs2)n1. The molecule has 1 fully saturated rings. The number of imide groups is 1. The molecule has 1 aliphatic heterocycles. The Labute approximate surface area is 183 Å². The van der Waals surface area contributed by atoms with Crippen molar-refractivity contribution in [3.05, 3.63) is 101 Å². The fourth-order valence-electron chi connectivity index (χ4n) is 3.87. The van der Waals surface area contributed by atoms with Gasteiger partial charge in [0.05, 0.1) is 17.1 Å². The molecule has 5 rings (SSSR count). The molecule has 3 heterocycles. The minimum Gasteiger partial charge on any atom is -0.443 e. The van der Waals surface area contributed by atoms with Gasteiger partial charge in [0.25, 0.3) is 5.91 Å². The minimum atomic E-state index is -1.17. The standard InChI is InChI=1S/C24H19N3O3S/c28-22-24(18-10-5-2-6-11-18,14-17-8-3-1-4-9-17)26-23(29)27(22)15-19-16-30-21(25-19)20-12-7-13-31-20/h1-13,16H,14-15H2,(H,26,29)/t24-/m1/s1. The summed E-state index contributed by atoms with van der Waals surface area (Å²) in [5.41, 5.74) is 1.07. The van der Waals surface area contributed by atoms with Gasteiger partial charge in [0.1, 0.15) is 6.26 Å². The normalized spacial score (nSPS) is 18.4. The third-order valence-electron chi connectivity index (χ3n) is 5.36. The topological polar surface area (TPSA) is 75.4 Å². The molecule has 1 saturated heterocycles. The van der Waals surface area contributed by atoms with E-state index < -0.39 is 11.6 Å². The molecule has 0 radical (unpaired) electrons. The first-order chi connectivity index (χ1) is 15.2. The third kappa shape index (κ3) is 3.53. The van der Waals surface area contributed by atoms with E-state index in [1.165, 1.54) is 22.5 Å². The Hall–Kier alpha value is -3.71. The molecule has 1 atom stereocenters. The van der Waals surface area contributed by atoms with Crippen LogP contribution in [0, 0.1) is 0 Å². The predicted octanol–water partition coefficient (Wildman–Crippen LogP) is 4.59. The first kappa shape index (κ1) is 19.3. The van der Waals surface area contributed by atoms with Crippen molar-refractivity contribution in [2.24, 2.45) is 0 Å². The summed E-state index contributed by atoms with van der Waals surface area (Å²) in [5, 5.41) is 4.91. The lowest BCUT2D eigenvalue weighted by Crippen LogP contribution is -2.46. The number of nitrogens with zero attached hydrogens (tertiary/aromatic N) is 2. The number of amides is 3. The van der Waals surface area contributed by atoms with E-state index in [4.69, 9.17) is 4.42 Å². The fourth-order valence-corrected chi connectivity index (χ4v) is 4.52. The summed E-state index contributed by atoms with van der Waals surface area (Å²) >= 11 is 1.52. The number of oxazole rings is 1. The zero-order chi connectivity index (χ0) is 21.3. The minimum absolute atomic E-state index is 0.0446. The van der Waals surface area contributed by atoms with Crippen LogP contribution < -0.4 is 5.32 Å². The fraction of sp³-hybridized carbons (Fsp3) is 0.125. The highest BCUT2D eigenvalue weighted by molar-refractivity contribution is 7.13. The van der Waals surface area contributed by atoms with Gasteiger partial charge in [-0.1, -0.05) is 66.7 Å². The van der Waals surface area contributed by atoms with Crippen LogP contribution >= 0.6 is 11.3 Å². The molecule has 154 valence electrons. The first-order valence-corrected chi connectivity index (χ1v) is 10.8. The second-order valence-electron chi connectivity index (χ2n) is 7.38. The number of aromatic nitrogens is 1. The maximum atomic E-state index is 13.7. The average Bonchev–Trinajstić information content (AvgIpc) is 3.53. The lowest BCUT2D eigenvalue weighted by atomic mass is 9.83. The molecule has 6 nitrogen and oxygen atoms in total. The second-order valence-corrected chi connectivity index (χ2v) is 8.32. The van der Waals surface area contributed by atoms with Gasteiger partial charge in [-0.2, -0.15) is 0 Å². The number of nitrogens with one attached hydrogen (secondary N) is 1. The maximum absolute atomic E-state index is 13.7. The van der Waals surface area contributed by atoms with Gasteiger partial charge in [-0.25, -0.2) is 9.78 Å². The molecule has 31 heavy (non-hydrogen) atoms. The summed E-state index contributed by atoms with van der Waals surface area (Å²) in [6, 6.07) is 22.4. The summed E-state index contributed by atoms with van der Waals surface area (Å²) < 4.78 is 5.55. The van der Waals surface area contributed by atoms with Crippen LogP contribution in [0.3, 0.4) is 0 Å². The van der Waals surface area contributed by atoms with Crippen molar-refractivity contribution in [3.63, 3.8) is 0 Å². The van der Waals surface area contributed by atoms with Crippen LogP contribution in [0.2, 0.25) is 0 Å². The zero-order valence-corrected chi connectivity index (χ0v) is 17.3. The van der Waals surface area contributed by atoms with Crippen molar-refractivity contribution in [2.75, 3.05) is 0 Å². The molecular formula is C24H19N3O3S. The van der Waals surface area contributed by atoms with E-state index in [1.54, 1.807) is 0 Å². The zero-order valence-electron chi connectivity index (χ0n) is 16.5. The van der Waals surface area contributed by atoms with Gasteiger partial charge in [0, 0.05) is 6.42 Å². The van der Waals surface area contributed by atoms with Crippen LogP contribution in [-0.2, 0) is 23.3 Å². The summed E-state index contributed by atoms with van der Waals surface area (Å²) in [7, 11) is 0. The number of carbonyl (C=O) groups excluding carboxylic acids is 2. The number of thiophene rings is 1. The monoisotopic (exact) mass is 429 g/mol. The van der Waals surface area contributed by atoms with E-state index in [1.807, 2.05) is 78.2 Å². The van der Waals surface area contributed by atoms with Crippen molar-refractivity contribution >= 4 is 23.3 Å². The van der Waals surface area contributed by atoms with Gasteiger partial charge < -0.3 is 9.73 Å².